The number of hydrogen-bond donors (Lipinski definition) is 0. The molecule has 1 aromatic carbocycles. The van der Waals surface area contributed by atoms with Crippen molar-refractivity contribution in [3.8, 4) is 11.8 Å². The Morgan fingerprint density at radius 2 is 1.90 bits per heavy atom. The number of fused-ring (bicyclic) bond motifs is 1. The summed E-state index contributed by atoms with van der Waals surface area (Å²) in [6, 6.07) is 9.33. The van der Waals surface area contributed by atoms with E-state index in [0.29, 0.717) is 34.5 Å². The molecule has 1 aliphatic carbocycles. The molecule has 6 heteroatoms. The SMILES string of the molecule is CC(C)c1cnc2c(c1)CN([C@H]1C(C)(C)[C@H](Oc3ccc(C#N)c(Cl)c3)C1(C)C)C2=O. The van der Waals surface area contributed by atoms with E-state index in [0.717, 1.165) is 11.1 Å². The van der Waals surface area contributed by atoms with E-state index in [1.54, 1.807) is 18.2 Å². The summed E-state index contributed by atoms with van der Waals surface area (Å²) in [6.45, 7) is 13.4. The number of aromatic nitrogens is 1. The van der Waals surface area contributed by atoms with Crippen molar-refractivity contribution in [2.24, 2.45) is 10.8 Å². The predicted octanol–water partition coefficient (Wildman–Crippen LogP) is 5.57. The monoisotopic (exact) mass is 437 g/mol. The van der Waals surface area contributed by atoms with Gasteiger partial charge in [0.1, 0.15) is 23.6 Å². The maximum Gasteiger partial charge on any atom is 0.273 e. The lowest BCUT2D eigenvalue weighted by atomic mass is 9.49. The van der Waals surface area contributed by atoms with Crippen molar-refractivity contribution in [1.29, 1.82) is 5.26 Å². The molecular formula is C25H28ClN3O2. The smallest absolute Gasteiger partial charge is 0.273 e. The zero-order valence-electron chi connectivity index (χ0n) is 18.9. The van der Waals surface area contributed by atoms with Gasteiger partial charge >= 0.3 is 0 Å². The third-order valence-electron chi connectivity index (χ3n) is 6.85. The Morgan fingerprint density at radius 1 is 1.23 bits per heavy atom. The normalized spacial score (nSPS) is 23.3. The largest absolute Gasteiger partial charge is 0.489 e. The number of hydrogen-bond acceptors (Lipinski definition) is 4. The predicted molar refractivity (Wildman–Crippen MR) is 120 cm³/mol. The summed E-state index contributed by atoms with van der Waals surface area (Å²) < 4.78 is 6.37. The van der Waals surface area contributed by atoms with Gasteiger partial charge in [0.15, 0.2) is 0 Å². The Kier molecular flexibility index (Phi) is 5.05. The van der Waals surface area contributed by atoms with Gasteiger partial charge in [0, 0.05) is 41.2 Å². The highest BCUT2D eigenvalue weighted by atomic mass is 35.5. The first-order valence-corrected chi connectivity index (χ1v) is 11.0. The Bertz CT molecular complexity index is 1080. The fourth-order valence-corrected chi connectivity index (χ4v) is 5.98. The van der Waals surface area contributed by atoms with Crippen molar-refractivity contribution in [2.75, 3.05) is 0 Å². The zero-order valence-corrected chi connectivity index (χ0v) is 19.6. The van der Waals surface area contributed by atoms with Crippen molar-refractivity contribution in [3.63, 3.8) is 0 Å². The first-order valence-electron chi connectivity index (χ1n) is 10.6. The third-order valence-corrected chi connectivity index (χ3v) is 7.16. The molecule has 31 heavy (non-hydrogen) atoms. The second-order valence-electron chi connectivity index (χ2n) is 10.2. The molecule has 2 heterocycles. The van der Waals surface area contributed by atoms with Crippen LogP contribution < -0.4 is 4.74 Å². The first-order chi connectivity index (χ1) is 14.5. The van der Waals surface area contributed by atoms with E-state index in [4.69, 9.17) is 21.6 Å². The molecular weight excluding hydrogens is 410 g/mol. The van der Waals surface area contributed by atoms with E-state index in [1.165, 1.54) is 0 Å². The Hall–Kier alpha value is -2.58. The summed E-state index contributed by atoms with van der Waals surface area (Å²) in [4.78, 5) is 19.7. The second kappa shape index (κ2) is 7.24. The van der Waals surface area contributed by atoms with Gasteiger partial charge in [-0.2, -0.15) is 5.26 Å². The molecule has 5 nitrogen and oxygen atoms in total. The molecule has 0 radical (unpaired) electrons. The maximum absolute atomic E-state index is 13.2. The van der Waals surface area contributed by atoms with Crippen LogP contribution in [0, 0.1) is 22.2 Å². The van der Waals surface area contributed by atoms with Gasteiger partial charge in [-0.1, -0.05) is 53.1 Å². The molecule has 1 aromatic heterocycles. The molecule has 1 fully saturated rings. The summed E-state index contributed by atoms with van der Waals surface area (Å²) in [5, 5.41) is 9.48. The van der Waals surface area contributed by atoms with E-state index in [-0.39, 0.29) is 28.9 Å². The lowest BCUT2D eigenvalue weighted by Crippen LogP contribution is -2.74. The van der Waals surface area contributed by atoms with Crippen LogP contribution in [0.1, 0.15) is 74.6 Å². The van der Waals surface area contributed by atoms with Crippen LogP contribution in [0.3, 0.4) is 0 Å². The lowest BCUT2D eigenvalue weighted by molar-refractivity contribution is -0.199. The standard InChI is InChI=1S/C25H28ClN3O2/c1-14(2)16-9-17-13-29(21(30)20(17)28-12-16)22-24(3,4)23(25(22,5)6)31-18-8-7-15(11-27)19(26)10-18/h7-10,12,14,22-23H,13H2,1-6H3/t22-,23-. The van der Waals surface area contributed by atoms with Crippen LogP contribution in [-0.4, -0.2) is 27.9 Å². The quantitative estimate of drug-likeness (QED) is 0.627. The molecule has 1 saturated carbocycles. The minimum Gasteiger partial charge on any atom is -0.489 e. The number of carbonyl (C=O) groups is 1. The topological polar surface area (TPSA) is 66.2 Å². The molecule has 2 aliphatic rings. The summed E-state index contributed by atoms with van der Waals surface area (Å²) in [7, 11) is 0. The van der Waals surface area contributed by atoms with Gasteiger partial charge < -0.3 is 9.64 Å². The molecule has 162 valence electrons. The van der Waals surface area contributed by atoms with Gasteiger partial charge in [0.05, 0.1) is 10.6 Å². The van der Waals surface area contributed by atoms with Gasteiger partial charge in [-0.15, -0.1) is 0 Å². The van der Waals surface area contributed by atoms with E-state index in [1.807, 2.05) is 11.1 Å². The van der Waals surface area contributed by atoms with E-state index in [9.17, 15) is 4.79 Å². The fraction of sp³-hybridized carbons (Fsp3) is 0.480. The highest BCUT2D eigenvalue weighted by molar-refractivity contribution is 6.31. The van der Waals surface area contributed by atoms with Crippen molar-refractivity contribution in [2.45, 2.75) is 66.2 Å². The average Bonchev–Trinajstić information content (AvgIpc) is 3.00. The number of carbonyl (C=O) groups excluding carboxylic acids is 1. The highest BCUT2D eigenvalue weighted by Gasteiger charge is 2.67. The van der Waals surface area contributed by atoms with Crippen LogP contribution in [0.15, 0.2) is 30.5 Å². The molecule has 0 saturated heterocycles. The minimum atomic E-state index is -0.275. The molecule has 4 rings (SSSR count). The molecule has 0 bridgehead atoms. The zero-order chi connectivity index (χ0) is 22.7. The summed E-state index contributed by atoms with van der Waals surface area (Å²) >= 11 is 6.19. The number of nitrogens with zero attached hydrogens (tertiary/aromatic N) is 3. The third kappa shape index (κ3) is 3.29. The molecule has 2 aromatic rings. The van der Waals surface area contributed by atoms with Crippen LogP contribution in [-0.2, 0) is 6.54 Å². The Labute approximate surface area is 189 Å². The van der Waals surface area contributed by atoms with Crippen LogP contribution in [0.2, 0.25) is 5.02 Å². The van der Waals surface area contributed by atoms with Gasteiger partial charge in [0.2, 0.25) is 0 Å². The van der Waals surface area contributed by atoms with Gasteiger partial charge in [-0.3, -0.25) is 9.78 Å². The van der Waals surface area contributed by atoms with Gasteiger partial charge in [0.25, 0.3) is 5.91 Å². The minimum absolute atomic E-state index is 0.00283. The Morgan fingerprint density at radius 3 is 2.48 bits per heavy atom. The first kappa shape index (κ1) is 21.6. The van der Waals surface area contributed by atoms with Crippen molar-refractivity contribution >= 4 is 17.5 Å². The van der Waals surface area contributed by atoms with Crippen molar-refractivity contribution in [1.82, 2.24) is 9.88 Å². The number of ether oxygens (including phenoxy) is 1. The van der Waals surface area contributed by atoms with Crippen molar-refractivity contribution in [3.05, 3.63) is 57.9 Å². The number of rotatable bonds is 4. The molecule has 0 unspecified atom stereocenters. The number of halogens is 1. The van der Waals surface area contributed by atoms with Crippen molar-refractivity contribution < 1.29 is 9.53 Å². The van der Waals surface area contributed by atoms with Crippen LogP contribution >= 0.6 is 11.6 Å². The summed E-state index contributed by atoms with van der Waals surface area (Å²) in [5.41, 5.74) is 2.60. The van der Waals surface area contributed by atoms with E-state index >= 15 is 0 Å². The van der Waals surface area contributed by atoms with Gasteiger partial charge in [-0.05, 0) is 29.7 Å². The van der Waals surface area contributed by atoms with Gasteiger partial charge in [-0.25, -0.2) is 0 Å². The van der Waals surface area contributed by atoms with E-state index < -0.39 is 0 Å². The Balaban J connectivity index is 1.59. The molecule has 1 aliphatic heterocycles. The van der Waals surface area contributed by atoms with E-state index in [2.05, 4.69) is 58.7 Å². The molecule has 0 N–H and O–H groups in total. The lowest BCUT2D eigenvalue weighted by Gasteiger charge is -2.65. The van der Waals surface area contributed by atoms with Crippen LogP contribution in [0.25, 0.3) is 0 Å². The summed E-state index contributed by atoms with van der Waals surface area (Å²) in [6.07, 6.45) is 1.70. The second-order valence-corrected chi connectivity index (χ2v) is 10.6. The average molecular weight is 438 g/mol. The molecule has 0 spiro atoms. The number of pyridine rings is 1. The fourth-order valence-electron chi connectivity index (χ4n) is 5.77. The van der Waals surface area contributed by atoms with Crippen LogP contribution in [0.5, 0.6) is 5.75 Å². The number of amides is 1. The highest BCUT2D eigenvalue weighted by Crippen LogP contribution is 2.59. The summed E-state index contributed by atoms with van der Waals surface area (Å²) in [5.74, 6) is 1.000. The number of nitriles is 1. The van der Waals surface area contributed by atoms with Crippen LogP contribution in [0.4, 0.5) is 0 Å². The number of benzene rings is 1. The molecule has 1 amide bonds. The molecule has 0 atom stereocenters. The maximum atomic E-state index is 13.2.